The van der Waals surface area contributed by atoms with E-state index in [0.717, 1.165) is 11.3 Å². The molecular weight excluding hydrogens is 360 g/mol. The lowest BCUT2D eigenvalue weighted by molar-refractivity contribution is 0.0950. The quantitative estimate of drug-likeness (QED) is 0.681. The molecule has 1 aromatic carbocycles. The average Bonchev–Trinajstić information content (AvgIpc) is 2.67. The average molecular weight is 380 g/mol. The van der Waals surface area contributed by atoms with Crippen molar-refractivity contribution in [3.05, 3.63) is 75.3 Å². The number of aryl methyl sites for hydroxylation is 2. The van der Waals surface area contributed by atoms with Gasteiger partial charge in [-0.05, 0) is 49.7 Å². The normalized spacial score (nSPS) is 10.4. The van der Waals surface area contributed by atoms with Gasteiger partial charge in [0.15, 0.2) is 0 Å². The smallest absolute Gasteiger partial charge is 0.325 e. The lowest BCUT2D eigenvalue weighted by Gasteiger charge is -2.09. The zero-order valence-electron chi connectivity index (χ0n) is 15.8. The predicted molar refractivity (Wildman–Crippen MR) is 103 cm³/mol. The van der Waals surface area contributed by atoms with Crippen LogP contribution in [0.1, 0.15) is 27.2 Å². The van der Waals surface area contributed by atoms with Gasteiger partial charge in [-0.25, -0.2) is 4.98 Å². The number of nitrogens with zero attached hydrogens (tertiary/aromatic N) is 2. The highest BCUT2D eigenvalue weighted by Gasteiger charge is 2.10. The van der Waals surface area contributed by atoms with Gasteiger partial charge < -0.3 is 19.8 Å². The third-order valence-corrected chi connectivity index (χ3v) is 4.06. The van der Waals surface area contributed by atoms with Crippen LogP contribution in [0.2, 0.25) is 0 Å². The Hall–Kier alpha value is -3.68. The SMILES string of the molecule is COc1ccnc(Oc2ccc(C(=O)NCc3c(C)cc(C)[nH]c3=O)cc2)n1. The number of nitrogens with one attached hydrogen (secondary N) is 2. The highest BCUT2D eigenvalue weighted by Crippen LogP contribution is 2.19. The first-order valence-corrected chi connectivity index (χ1v) is 8.59. The Labute approximate surface area is 161 Å². The number of carbonyl (C=O) groups excluding carboxylic acids is 1. The largest absolute Gasteiger partial charge is 0.481 e. The number of H-pyrrole nitrogens is 1. The van der Waals surface area contributed by atoms with E-state index in [4.69, 9.17) is 9.47 Å². The van der Waals surface area contributed by atoms with E-state index >= 15 is 0 Å². The first kappa shape index (κ1) is 19.1. The molecule has 0 aliphatic carbocycles. The monoisotopic (exact) mass is 380 g/mol. The lowest BCUT2D eigenvalue weighted by Crippen LogP contribution is -2.27. The number of amides is 1. The Morgan fingerprint density at radius 1 is 1.18 bits per heavy atom. The van der Waals surface area contributed by atoms with E-state index in [1.165, 1.54) is 13.3 Å². The van der Waals surface area contributed by atoms with Crippen molar-refractivity contribution in [2.45, 2.75) is 20.4 Å². The fourth-order valence-corrected chi connectivity index (χ4v) is 2.64. The molecule has 0 radical (unpaired) electrons. The van der Waals surface area contributed by atoms with Gasteiger partial charge in [-0.15, -0.1) is 0 Å². The maximum Gasteiger partial charge on any atom is 0.325 e. The molecule has 0 saturated carbocycles. The van der Waals surface area contributed by atoms with E-state index in [-0.39, 0.29) is 24.0 Å². The van der Waals surface area contributed by atoms with E-state index in [1.54, 1.807) is 30.3 Å². The molecule has 2 aromatic heterocycles. The highest BCUT2D eigenvalue weighted by atomic mass is 16.5. The predicted octanol–water partition coefficient (Wildman–Crippen LogP) is 2.51. The van der Waals surface area contributed by atoms with Crippen molar-refractivity contribution in [1.82, 2.24) is 20.3 Å². The first-order chi connectivity index (χ1) is 13.5. The summed E-state index contributed by atoms with van der Waals surface area (Å²) in [5, 5.41) is 2.76. The third-order valence-electron chi connectivity index (χ3n) is 4.06. The van der Waals surface area contributed by atoms with Crippen LogP contribution in [0.25, 0.3) is 0 Å². The van der Waals surface area contributed by atoms with Crippen molar-refractivity contribution in [3.63, 3.8) is 0 Å². The molecule has 1 amide bonds. The number of hydrogen-bond donors (Lipinski definition) is 2. The van der Waals surface area contributed by atoms with Crippen LogP contribution in [0.15, 0.2) is 47.4 Å². The van der Waals surface area contributed by atoms with Crippen LogP contribution in [0.5, 0.6) is 17.6 Å². The molecule has 0 fully saturated rings. The van der Waals surface area contributed by atoms with Gasteiger partial charge in [0.05, 0.1) is 7.11 Å². The van der Waals surface area contributed by atoms with Crippen LogP contribution in [0.3, 0.4) is 0 Å². The number of carbonyl (C=O) groups is 1. The van der Waals surface area contributed by atoms with Crippen LogP contribution in [-0.4, -0.2) is 28.0 Å². The van der Waals surface area contributed by atoms with Crippen LogP contribution in [0.4, 0.5) is 0 Å². The fraction of sp³-hybridized carbons (Fsp3) is 0.200. The lowest BCUT2D eigenvalue weighted by atomic mass is 10.1. The molecule has 8 heteroatoms. The van der Waals surface area contributed by atoms with Crippen molar-refractivity contribution in [2.24, 2.45) is 0 Å². The summed E-state index contributed by atoms with van der Waals surface area (Å²) >= 11 is 0. The molecule has 0 bridgehead atoms. The number of hydrogen-bond acceptors (Lipinski definition) is 6. The number of aromatic amines is 1. The van der Waals surface area contributed by atoms with E-state index in [0.29, 0.717) is 22.8 Å². The van der Waals surface area contributed by atoms with E-state index in [1.807, 2.05) is 19.9 Å². The molecular formula is C20H20N4O4. The van der Waals surface area contributed by atoms with Crippen LogP contribution < -0.4 is 20.3 Å². The maximum absolute atomic E-state index is 12.4. The van der Waals surface area contributed by atoms with Gasteiger partial charge in [-0.3, -0.25) is 9.59 Å². The summed E-state index contributed by atoms with van der Waals surface area (Å²) in [7, 11) is 1.51. The number of rotatable bonds is 6. The summed E-state index contributed by atoms with van der Waals surface area (Å²) < 4.78 is 10.6. The standard InChI is InChI=1S/C20H20N4O4/c1-12-10-13(2)23-19(26)16(12)11-22-18(25)14-4-6-15(7-5-14)28-20-21-9-8-17(24-20)27-3/h4-10H,11H2,1-3H3,(H,22,25)(H,23,26). The molecule has 8 nitrogen and oxygen atoms in total. The minimum atomic E-state index is -0.288. The number of benzene rings is 1. The molecule has 0 saturated heterocycles. The van der Waals surface area contributed by atoms with Crippen molar-refractivity contribution >= 4 is 5.91 Å². The fourth-order valence-electron chi connectivity index (χ4n) is 2.64. The molecule has 28 heavy (non-hydrogen) atoms. The summed E-state index contributed by atoms with van der Waals surface area (Å²) in [4.78, 5) is 35.2. The maximum atomic E-state index is 12.4. The van der Waals surface area contributed by atoms with Crippen LogP contribution >= 0.6 is 0 Å². The summed E-state index contributed by atoms with van der Waals surface area (Å²) in [6.45, 7) is 3.81. The van der Waals surface area contributed by atoms with Crippen LogP contribution in [-0.2, 0) is 6.54 Å². The second kappa shape index (κ2) is 8.34. The minimum Gasteiger partial charge on any atom is -0.481 e. The zero-order valence-corrected chi connectivity index (χ0v) is 15.8. The molecule has 3 rings (SSSR count). The number of methoxy groups -OCH3 is 1. The van der Waals surface area contributed by atoms with Gasteiger partial charge in [-0.2, -0.15) is 4.98 Å². The van der Waals surface area contributed by atoms with Crippen molar-refractivity contribution in [2.75, 3.05) is 7.11 Å². The third kappa shape index (κ3) is 4.53. The summed E-state index contributed by atoms with van der Waals surface area (Å²) in [5.74, 6) is 0.585. The van der Waals surface area contributed by atoms with Gasteiger partial charge in [0, 0.05) is 35.6 Å². The second-order valence-electron chi connectivity index (χ2n) is 6.13. The Kier molecular flexibility index (Phi) is 5.69. The molecule has 3 aromatic rings. The summed E-state index contributed by atoms with van der Waals surface area (Å²) in [6, 6.07) is 10.2. The topological polar surface area (TPSA) is 106 Å². The molecule has 0 aliphatic rings. The molecule has 0 atom stereocenters. The van der Waals surface area contributed by atoms with Gasteiger partial charge in [0.1, 0.15) is 5.75 Å². The summed E-state index contributed by atoms with van der Waals surface area (Å²) in [5.41, 5.74) is 2.41. The van der Waals surface area contributed by atoms with E-state index < -0.39 is 0 Å². The van der Waals surface area contributed by atoms with Gasteiger partial charge in [-0.1, -0.05) is 0 Å². The first-order valence-electron chi connectivity index (χ1n) is 8.59. The molecule has 2 N–H and O–H groups in total. The molecule has 2 heterocycles. The van der Waals surface area contributed by atoms with Gasteiger partial charge in [0.2, 0.25) is 5.88 Å². The van der Waals surface area contributed by atoms with Crippen molar-refractivity contribution in [1.29, 1.82) is 0 Å². The number of aromatic nitrogens is 3. The second-order valence-corrected chi connectivity index (χ2v) is 6.13. The van der Waals surface area contributed by atoms with Gasteiger partial charge >= 0.3 is 6.01 Å². The molecule has 144 valence electrons. The van der Waals surface area contributed by atoms with Crippen LogP contribution in [0, 0.1) is 13.8 Å². The van der Waals surface area contributed by atoms with Crippen molar-refractivity contribution in [3.8, 4) is 17.6 Å². The highest BCUT2D eigenvalue weighted by molar-refractivity contribution is 5.94. The Morgan fingerprint density at radius 3 is 2.61 bits per heavy atom. The summed E-state index contributed by atoms with van der Waals surface area (Å²) in [6.07, 6.45) is 1.53. The zero-order chi connectivity index (χ0) is 20.1. The van der Waals surface area contributed by atoms with E-state index in [2.05, 4.69) is 20.3 Å². The number of ether oxygens (including phenoxy) is 2. The van der Waals surface area contributed by atoms with Crippen molar-refractivity contribution < 1.29 is 14.3 Å². The number of pyridine rings is 1. The molecule has 0 aliphatic heterocycles. The minimum absolute atomic E-state index is 0.144. The van der Waals surface area contributed by atoms with Gasteiger partial charge in [0.25, 0.3) is 11.5 Å². The molecule has 0 unspecified atom stereocenters. The molecule has 0 spiro atoms. The van der Waals surface area contributed by atoms with E-state index in [9.17, 15) is 9.59 Å². The Morgan fingerprint density at radius 2 is 1.93 bits per heavy atom. The Balaban J connectivity index is 1.64. The Bertz CT molecular complexity index is 1040.